The van der Waals surface area contributed by atoms with Crippen molar-refractivity contribution in [3.63, 3.8) is 0 Å². The van der Waals surface area contributed by atoms with Gasteiger partial charge in [-0.3, -0.25) is 0 Å². The molecular formula is C12H22F3N3O. The lowest BCUT2D eigenvalue weighted by Crippen LogP contribution is -2.53. The van der Waals surface area contributed by atoms with Crippen molar-refractivity contribution in [3.05, 3.63) is 0 Å². The van der Waals surface area contributed by atoms with E-state index in [1.54, 1.807) is 0 Å². The van der Waals surface area contributed by atoms with Crippen LogP contribution in [0.4, 0.5) is 18.0 Å². The first kappa shape index (κ1) is 16.1. The van der Waals surface area contributed by atoms with Crippen molar-refractivity contribution in [2.75, 3.05) is 26.2 Å². The van der Waals surface area contributed by atoms with Gasteiger partial charge in [-0.25, -0.2) is 4.79 Å². The van der Waals surface area contributed by atoms with Crippen LogP contribution in [0.15, 0.2) is 0 Å². The maximum absolute atomic E-state index is 12.6. The number of carbonyl (C=O) groups excluding carboxylic acids is 1. The van der Waals surface area contributed by atoms with Gasteiger partial charge in [-0.1, -0.05) is 13.3 Å². The van der Waals surface area contributed by atoms with Gasteiger partial charge >= 0.3 is 12.2 Å². The maximum atomic E-state index is 12.6. The molecular weight excluding hydrogens is 259 g/mol. The highest BCUT2D eigenvalue weighted by Crippen LogP contribution is 2.21. The van der Waals surface area contributed by atoms with Crippen molar-refractivity contribution in [1.82, 2.24) is 15.5 Å². The molecule has 0 radical (unpaired) electrons. The highest BCUT2D eigenvalue weighted by Gasteiger charge is 2.36. The number of piperidine rings is 1. The van der Waals surface area contributed by atoms with E-state index in [9.17, 15) is 18.0 Å². The Hall–Kier alpha value is -0.980. The lowest BCUT2D eigenvalue weighted by atomic mass is 10.1. The van der Waals surface area contributed by atoms with Gasteiger partial charge in [0.15, 0.2) is 0 Å². The molecule has 0 bridgehead atoms. The molecule has 1 heterocycles. The predicted molar refractivity (Wildman–Crippen MR) is 67.0 cm³/mol. The molecule has 7 heteroatoms. The fraction of sp³-hybridized carbons (Fsp3) is 0.917. The van der Waals surface area contributed by atoms with Crippen LogP contribution in [0.5, 0.6) is 0 Å². The topological polar surface area (TPSA) is 44.4 Å². The first-order valence-corrected chi connectivity index (χ1v) is 6.76. The minimum atomic E-state index is -4.35. The number of hydrogen-bond donors (Lipinski definition) is 2. The summed E-state index contributed by atoms with van der Waals surface area (Å²) in [5, 5.41) is 5.65. The summed E-state index contributed by atoms with van der Waals surface area (Å²) in [6, 6.07) is -0.929. The SMILES string of the molecule is CCCCNC(=O)N(CC(F)(F)F)C1CCNCC1. The minimum absolute atomic E-state index is 0.329. The monoisotopic (exact) mass is 281 g/mol. The van der Waals surface area contributed by atoms with Crippen LogP contribution in [0.25, 0.3) is 0 Å². The number of carbonyl (C=O) groups is 1. The van der Waals surface area contributed by atoms with Crippen LogP contribution >= 0.6 is 0 Å². The van der Waals surface area contributed by atoms with Gasteiger partial charge < -0.3 is 15.5 Å². The summed E-state index contributed by atoms with van der Waals surface area (Å²) in [6.07, 6.45) is -1.55. The van der Waals surface area contributed by atoms with E-state index in [0.717, 1.165) is 17.7 Å². The average molecular weight is 281 g/mol. The average Bonchev–Trinajstić information content (AvgIpc) is 2.36. The molecule has 1 fully saturated rings. The van der Waals surface area contributed by atoms with Gasteiger partial charge in [0.2, 0.25) is 0 Å². The van der Waals surface area contributed by atoms with Gasteiger partial charge in [-0.15, -0.1) is 0 Å². The van der Waals surface area contributed by atoms with Crippen molar-refractivity contribution in [2.24, 2.45) is 0 Å². The van der Waals surface area contributed by atoms with E-state index in [1.165, 1.54) is 0 Å². The van der Waals surface area contributed by atoms with Crippen molar-refractivity contribution < 1.29 is 18.0 Å². The number of alkyl halides is 3. The van der Waals surface area contributed by atoms with Gasteiger partial charge in [-0.2, -0.15) is 13.2 Å². The van der Waals surface area contributed by atoms with Crippen molar-refractivity contribution >= 4 is 6.03 Å². The Bertz CT molecular complexity index is 278. The Morgan fingerprint density at radius 2 is 2.00 bits per heavy atom. The van der Waals surface area contributed by atoms with E-state index < -0.39 is 18.8 Å². The molecule has 1 saturated heterocycles. The van der Waals surface area contributed by atoms with Crippen LogP contribution in [0.1, 0.15) is 32.6 Å². The molecule has 0 saturated carbocycles. The molecule has 0 aromatic heterocycles. The summed E-state index contributed by atoms with van der Waals surface area (Å²) in [5.41, 5.74) is 0. The zero-order valence-electron chi connectivity index (χ0n) is 11.2. The quantitative estimate of drug-likeness (QED) is 0.758. The molecule has 1 aliphatic heterocycles. The lowest BCUT2D eigenvalue weighted by Gasteiger charge is -2.35. The number of hydrogen-bond acceptors (Lipinski definition) is 2. The fourth-order valence-corrected chi connectivity index (χ4v) is 2.15. The van der Waals surface area contributed by atoms with E-state index in [-0.39, 0.29) is 6.04 Å². The second-order valence-electron chi connectivity index (χ2n) is 4.81. The van der Waals surface area contributed by atoms with E-state index in [0.29, 0.717) is 32.5 Å². The zero-order chi connectivity index (χ0) is 14.3. The van der Waals surface area contributed by atoms with E-state index >= 15 is 0 Å². The minimum Gasteiger partial charge on any atom is -0.338 e. The Labute approximate surface area is 111 Å². The Balaban J connectivity index is 2.59. The van der Waals surface area contributed by atoms with Crippen LogP contribution in [0.3, 0.4) is 0 Å². The second-order valence-corrected chi connectivity index (χ2v) is 4.81. The Morgan fingerprint density at radius 1 is 1.37 bits per heavy atom. The highest BCUT2D eigenvalue weighted by atomic mass is 19.4. The number of amides is 2. The van der Waals surface area contributed by atoms with Crippen molar-refractivity contribution in [1.29, 1.82) is 0 Å². The van der Waals surface area contributed by atoms with Crippen LogP contribution in [-0.2, 0) is 0 Å². The molecule has 0 spiro atoms. The predicted octanol–water partition coefficient (Wildman–Crippen LogP) is 2.11. The van der Waals surface area contributed by atoms with Crippen LogP contribution in [0.2, 0.25) is 0 Å². The first-order chi connectivity index (χ1) is 8.94. The third kappa shape index (κ3) is 6.13. The fourth-order valence-electron chi connectivity index (χ4n) is 2.15. The number of nitrogens with one attached hydrogen (secondary N) is 2. The summed E-state index contributed by atoms with van der Waals surface area (Å²) in [6.45, 7) is 2.53. The molecule has 2 N–H and O–H groups in total. The highest BCUT2D eigenvalue weighted by molar-refractivity contribution is 5.74. The normalized spacial score (nSPS) is 17.3. The molecule has 1 rings (SSSR count). The molecule has 1 aliphatic rings. The maximum Gasteiger partial charge on any atom is 0.406 e. The molecule has 0 aliphatic carbocycles. The summed E-state index contributed by atoms with van der Waals surface area (Å²) in [4.78, 5) is 12.8. The first-order valence-electron chi connectivity index (χ1n) is 6.76. The Morgan fingerprint density at radius 3 is 2.53 bits per heavy atom. The molecule has 0 atom stereocenters. The molecule has 19 heavy (non-hydrogen) atoms. The van der Waals surface area contributed by atoms with Crippen LogP contribution in [0, 0.1) is 0 Å². The van der Waals surface area contributed by atoms with Gasteiger partial charge in [-0.05, 0) is 32.4 Å². The summed E-state index contributed by atoms with van der Waals surface area (Å²) in [7, 11) is 0. The third-order valence-corrected chi connectivity index (χ3v) is 3.17. The molecule has 0 aromatic rings. The number of rotatable bonds is 5. The smallest absolute Gasteiger partial charge is 0.338 e. The summed E-state index contributed by atoms with van der Waals surface area (Å²) < 4.78 is 37.7. The third-order valence-electron chi connectivity index (χ3n) is 3.17. The Kier molecular flexibility index (Phi) is 6.41. The van der Waals surface area contributed by atoms with Crippen LogP contribution in [-0.4, -0.2) is 49.3 Å². The molecule has 0 aromatic carbocycles. The van der Waals surface area contributed by atoms with Gasteiger partial charge in [0.05, 0.1) is 0 Å². The van der Waals surface area contributed by atoms with Crippen LogP contribution < -0.4 is 10.6 Å². The van der Waals surface area contributed by atoms with E-state index in [1.807, 2.05) is 6.92 Å². The van der Waals surface area contributed by atoms with E-state index in [2.05, 4.69) is 10.6 Å². The number of halogens is 3. The summed E-state index contributed by atoms with van der Waals surface area (Å²) in [5.74, 6) is 0. The molecule has 0 unspecified atom stereocenters. The van der Waals surface area contributed by atoms with Gasteiger partial charge in [0.25, 0.3) is 0 Å². The number of unbranched alkanes of at least 4 members (excludes halogenated alkanes) is 1. The second kappa shape index (κ2) is 7.57. The number of nitrogens with zero attached hydrogens (tertiary/aromatic N) is 1. The number of urea groups is 1. The largest absolute Gasteiger partial charge is 0.406 e. The lowest BCUT2D eigenvalue weighted by molar-refractivity contribution is -0.144. The van der Waals surface area contributed by atoms with Gasteiger partial charge in [0.1, 0.15) is 6.54 Å². The zero-order valence-corrected chi connectivity index (χ0v) is 11.2. The van der Waals surface area contributed by atoms with Crippen molar-refractivity contribution in [3.8, 4) is 0 Å². The molecule has 4 nitrogen and oxygen atoms in total. The molecule has 112 valence electrons. The van der Waals surface area contributed by atoms with E-state index in [4.69, 9.17) is 0 Å². The standard InChI is InChI=1S/C12H22F3N3O/c1-2-3-6-17-11(19)18(9-12(13,14)15)10-4-7-16-8-5-10/h10,16H,2-9H2,1H3,(H,17,19). The summed E-state index contributed by atoms with van der Waals surface area (Å²) >= 11 is 0. The molecule has 2 amide bonds. The van der Waals surface area contributed by atoms with Gasteiger partial charge in [0, 0.05) is 12.6 Å². The van der Waals surface area contributed by atoms with Crippen molar-refractivity contribution in [2.45, 2.75) is 44.8 Å².